The molecule has 60 heavy (non-hydrogen) atoms. The standard InChI is InChI=1S/C40H30F4N4O8S4/c41-25-5-9-27(10-6-25)55-39(35(49)47-37-45-21-33(43)57-37,23-1-13-29(14-2-23)59(51,52)31-17-18-31)40(56-28-11-7-26(42)8-12-28,36(50)48-38-46-22-34(44)58-38)24-3-15-30(16-4-24)60(53,54)32-19-20-32/h1-16,21-22,31-32H,17-20H2,(H,45,47,49)(H,46,48,50). The Bertz CT molecular complexity index is 2610. The molecular formula is C40H30F4N4O8S4. The highest BCUT2D eigenvalue weighted by Crippen LogP contribution is 2.50. The summed E-state index contributed by atoms with van der Waals surface area (Å²) in [7, 11) is -7.70. The second-order valence-corrected chi connectivity index (χ2v) is 20.3. The van der Waals surface area contributed by atoms with Crippen molar-refractivity contribution in [3.63, 3.8) is 0 Å². The molecule has 2 aliphatic rings. The number of hydrogen-bond donors (Lipinski definition) is 2. The number of nitrogens with one attached hydrogen (secondary N) is 2. The highest BCUT2D eigenvalue weighted by Gasteiger charge is 2.69. The lowest BCUT2D eigenvalue weighted by molar-refractivity contribution is -0.172. The van der Waals surface area contributed by atoms with E-state index >= 15 is 9.59 Å². The molecule has 2 atom stereocenters. The molecule has 0 aliphatic heterocycles. The highest BCUT2D eigenvalue weighted by atomic mass is 32.2. The van der Waals surface area contributed by atoms with Crippen LogP contribution in [0.4, 0.5) is 27.8 Å². The number of hydrogen-bond acceptors (Lipinski definition) is 12. The van der Waals surface area contributed by atoms with Crippen molar-refractivity contribution in [3.8, 4) is 11.5 Å². The van der Waals surface area contributed by atoms with Crippen LogP contribution >= 0.6 is 22.7 Å². The second-order valence-electron chi connectivity index (χ2n) is 13.9. The highest BCUT2D eigenvalue weighted by molar-refractivity contribution is 7.92. The Kier molecular flexibility index (Phi) is 10.8. The van der Waals surface area contributed by atoms with Crippen molar-refractivity contribution in [1.82, 2.24) is 9.97 Å². The average Bonchev–Trinajstić information content (AvgIpc) is 4.18. The third-order valence-electron chi connectivity index (χ3n) is 9.81. The van der Waals surface area contributed by atoms with Crippen LogP contribution in [0.2, 0.25) is 0 Å². The lowest BCUT2D eigenvalue weighted by Crippen LogP contribution is -2.67. The second kappa shape index (κ2) is 15.7. The van der Waals surface area contributed by atoms with Crippen LogP contribution in [0.3, 0.4) is 0 Å². The number of carbonyl (C=O) groups excluding carboxylic acids is 2. The summed E-state index contributed by atoms with van der Waals surface area (Å²) in [4.78, 5) is 38.7. The third-order valence-corrected chi connectivity index (χ3v) is 15.8. The summed E-state index contributed by atoms with van der Waals surface area (Å²) >= 11 is 0.793. The average molecular weight is 899 g/mol. The number of carbonyl (C=O) groups is 2. The van der Waals surface area contributed by atoms with Crippen molar-refractivity contribution < 1.29 is 53.5 Å². The van der Waals surface area contributed by atoms with E-state index in [1.54, 1.807) is 0 Å². The molecule has 2 unspecified atom stereocenters. The molecular weight excluding hydrogens is 869 g/mol. The van der Waals surface area contributed by atoms with Gasteiger partial charge in [0.05, 0.1) is 32.7 Å². The van der Waals surface area contributed by atoms with E-state index in [0.717, 1.165) is 60.9 Å². The number of halogens is 4. The van der Waals surface area contributed by atoms with Crippen molar-refractivity contribution in [2.24, 2.45) is 0 Å². The Morgan fingerprint density at radius 1 is 0.550 bits per heavy atom. The molecule has 2 aromatic heterocycles. The van der Waals surface area contributed by atoms with E-state index in [0.29, 0.717) is 48.4 Å². The number of benzene rings is 4. The van der Waals surface area contributed by atoms with Gasteiger partial charge in [-0.15, -0.1) is 0 Å². The van der Waals surface area contributed by atoms with Gasteiger partial charge in [-0.25, -0.2) is 35.6 Å². The zero-order valence-corrected chi connectivity index (χ0v) is 33.9. The SMILES string of the molecule is O=C(Nc1ncc(F)s1)C(Oc1ccc(F)cc1)(c1ccc(S(=O)(=O)C2CC2)cc1)C(Oc1ccc(F)cc1)(C(=O)Nc1ncc(F)s1)c1ccc(S(=O)(=O)C2CC2)cc1. The van der Waals surface area contributed by atoms with E-state index in [9.17, 15) is 34.4 Å². The molecule has 0 bridgehead atoms. The van der Waals surface area contributed by atoms with Gasteiger partial charge in [0.15, 0.2) is 40.2 Å². The molecule has 2 amide bonds. The first-order valence-corrected chi connectivity index (χ1v) is 22.8. The summed E-state index contributed by atoms with van der Waals surface area (Å²) in [6.07, 6.45) is 3.32. The van der Waals surface area contributed by atoms with Crippen LogP contribution in [0.5, 0.6) is 11.5 Å². The normalized spacial score (nSPS) is 16.3. The van der Waals surface area contributed by atoms with Gasteiger partial charge in [-0.1, -0.05) is 46.9 Å². The molecule has 0 saturated heterocycles. The van der Waals surface area contributed by atoms with Gasteiger partial charge in [0.1, 0.15) is 23.1 Å². The van der Waals surface area contributed by atoms with Gasteiger partial charge in [-0.2, -0.15) is 8.78 Å². The molecule has 6 aromatic rings. The van der Waals surface area contributed by atoms with E-state index < -0.39 is 75.1 Å². The molecule has 0 spiro atoms. The first kappa shape index (κ1) is 41.1. The predicted molar refractivity (Wildman–Crippen MR) is 212 cm³/mol. The Morgan fingerprint density at radius 3 is 1.17 bits per heavy atom. The zero-order chi connectivity index (χ0) is 42.5. The predicted octanol–water partition coefficient (Wildman–Crippen LogP) is 7.55. The van der Waals surface area contributed by atoms with Crippen LogP contribution < -0.4 is 20.1 Å². The van der Waals surface area contributed by atoms with Crippen LogP contribution in [0.15, 0.2) is 119 Å². The van der Waals surface area contributed by atoms with Crippen molar-refractivity contribution in [2.45, 2.75) is 57.2 Å². The van der Waals surface area contributed by atoms with Crippen LogP contribution in [-0.4, -0.2) is 49.1 Å². The smallest absolute Gasteiger partial charge is 0.280 e. The van der Waals surface area contributed by atoms with Gasteiger partial charge >= 0.3 is 0 Å². The molecule has 2 fully saturated rings. The number of nitrogens with zero attached hydrogens (tertiary/aromatic N) is 2. The third kappa shape index (κ3) is 7.75. The molecule has 12 nitrogen and oxygen atoms in total. The molecule has 0 radical (unpaired) electrons. The minimum absolute atomic E-state index is 0.144. The lowest BCUT2D eigenvalue weighted by atomic mass is 9.71. The van der Waals surface area contributed by atoms with Crippen LogP contribution in [-0.2, 0) is 40.5 Å². The Morgan fingerprint density at radius 2 is 0.883 bits per heavy atom. The lowest BCUT2D eigenvalue weighted by Gasteiger charge is -2.47. The summed E-state index contributed by atoms with van der Waals surface area (Å²) in [5.74, 6) is -4.63. The molecule has 2 N–H and O–H groups in total. The molecule has 2 saturated carbocycles. The Hall–Kier alpha value is -5.70. The maximum atomic E-state index is 15.6. The fraction of sp³-hybridized carbons (Fsp3) is 0.200. The number of aromatic nitrogens is 2. The zero-order valence-electron chi connectivity index (χ0n) is 30.7. The Balaban J connectivity index is 1.47. The summed E-state index contributed by atoms with van der Waals surface area (Å²) in [6, 6.07) is 17.9. The topological polar surface area (TPSA) is 171 Å². The van der Waals surface area contributed by atoms with Crippen LogP contribution in [0.1, 0.15) is 36.8 Å². The van der Waals surface area contributed by atoms with Gasteiger partial charge < -0.3 is 9.47 Å². The summed E-state index contributed by atoms with van der Waals surface area (Å²) in [5.41, 5.74) is -6.65. The number of rotatable bonds is 15. The van der Waals surface area contributed by atoms with E-state index in [4.69, 9.17) is 9.47 Å². The van der Waals surface area contributed by atoms with E-state index in [-0.39, 0.29) is 42.7 Å². The fourth-order valence-electron chi connectivity index (χ4n) is 6.60. The van der Waals surface area contributed by atoms with Gasteiger partial charge in [0.2, 0.25) is 0 Å². The first-order chi connectivity index (χ1) is 28.6. The largest absolute Gasteiger partial charge is 0.467 e. The van der Waals surface area contributed by atoms with E-state index in [1.807, 2.05) is 0 Å². The number of sulfone groups is 2. The van der Waals surface area contributed by atoms with Crippen LogP contribution in [0, 0.1) is 21.9 Å². The Labute approximate surface area is 348 Å². The number of anilines is 2. The maximum absolute atomic E-state index is 15.6. The summed E-state index contributed by atoms with van der Waals surface area (Å²) < 4.78 is 125. The van der Waals surface area contributed by atoms with Gasteiger partial charge in [-0.05, 0) is 98.5 Å². The van der Waals surface area contributed by atoms with Crippen molar-refractivity contribution >= 4 is 64.4 Å². The molecule has 2 aliphatic carbocycles. The molecule has 8 rings (SSSR count). The van der Waals surface area contributed by atoms with E-state index in [1.165, 1.54) is 48.5 Å². The number of thiazole rings is 2. The van der Waals surface area contributed by atoms with Gasteiger partial charge in [0.25, 0.3) is 23.0 Å². The van der Waals surface area contributed by atoms with Gasteiger partial charge in [-0.3, -0.25) is 20.2 Å². The quantitative estimate of drug-likeness (QED) is 0.0982. The molecule has 2 heterocycles. The molecule has 20 heteroatoms. The van der Waals surface area contributed by atoms with Crippen LogP contribution in [0.25, 0.3) is 0 Å². The minimum atomic E-state index is -3.85. The van der Waals surface area contributed by atoms with Gasteiger partial charge in [0, 0.05) is 11.1 Å². The monoisotopic (exact) mass is 898 g/mol. The first-order valence-electron chi connectivity index (χ1n) is 18.1. The molecule has 310 valence electrons. The van der Waals surface area contributed by atoms with Crippen molar-refractivity contribution in [3.05, 3.63) is 142 Å². The number of amides is 2. The molecule has 4 aromatic carbocycles. The van der Waals surface area contributed by atoms with Crippen molar-refractivity contribution in [1.29, 1.82) is 0 Å². The summed E-state index contributed by atoms with van der Waals surface area (Å²) in [5, 5.41) is 1.32. The van der Waals surface area contributed by atoms with E-state index in [2.05, 4.69) is 20.6 Å². The minimum Gasteiger partial charge on any atom is -0.467 e. The maximum Gasteiger partial charge on any atom is 0.280 e. The number of ether oxygens (including phenoxy) is 2. The van der Waals surface area contributed by atoms with Crippen molar-refractivity contribution in [2.75, 3.05) is 10.6 Å². The summed E-state index contributed by atoms with van der Waals surface area (Å²) in [6.45, 7) is 0. The fourth-order valence-corrected chi connectivity index (χ4v) is 11.0.